The van der Waals surface area contributed by atoms with Crippen LogP contribution in [0.1, 0.15) is 27.6 Å². The molecule has 0 atom stereocenters. The lowest BCUT2D eigenvalue weighted by Gasteiger charge is -2.05. The molecule has 0 radical (unpaired) electrons. The van der Waals surface area contributed by atoms with Crippen molar-refractivity contribution >= 4 is 23.9 Å². The Hall–Kier alpha value is -1.42. The molecule has 0 fully saturated rings. The smallest absolute Gasteiger partial charge is 0.339 e. The number of rotatable bonds is 3. The van der Waals surface area contributed by atoms with Gasteiger partial charge in [0, 0.05) is 5.56 Å². The van der Waals surface area contributed by atoms with Gasteiger partial charge in [0.25, 0.3) is 0 Å². The molecule has 15 heavy (non-hydrogen) atoms. The first-order valence-corrected chi connectivity index (χ1v) is 4.59. The highest BCUT2D eigenvalue weighted by Gasteiger charge is 2.16. The van der Waals surface area contributed by atoms with Crippen molar-refractivity contribution in [1.82, 2.24) is 0 Å². The molecule has 0 heterocycles. The predicted octanol–water partition coefficient (Wildman–Crippen LogP) is 2.47. The third-order valence-corrected chi connectivity index (χ3v) is 2.02. The fourth-order valence-electron chi connectivity index (χ4n) is 1.08. The van der Waals surface area contributed by atoms with E-state index < -0.39 is 11.8 Å². The van der Waals surface area contributed by atoms with Crippen LogP contribution >= 0.6 is 11.6 Å². The average Bonchev–Trinajstić information content (AvgIpc) is 2.17. The van der Waals surface area contributed by atoms with Crippen molar-refractivity contribution < 1.29 is 18.7 Å². The molecule has 0 aliphatic heterocycles. The van der Waals surface area contributed by atoms with E-state index in [9.17, 15) is 14.0 Å². The zero-order chi connectivity index (χ0) is 11.4. The second-order valence-electron chi connectivity index (χ2n) is 2.69. The van der Waals surface area contributed by atoms with E-state index >= 15 is 0 Å². The Morgan fingerprint density at radius 1 is 1.60 bits per heavy atom. The van der Waals surface area contributed by atoms with Crippen LogP contribution in [0.5, 0.6) is 0 Å². The summed E-state index contributed by atoms with van der Waals surface area (Å²) in [4.78, 5) is 22.0. The van der Waals surface area contributed by atoms with Crippen LogP contribution in [0.15, 0.2) is 12.1 Å². The van der Waals surface area contributed by atoms with Gasteiger partial charge in [-0.1, -0.05) is 11.6 Å². The summed E-state index contributed by atoms with van der Waals surface area (Å²) in [7, 11) is 0. The SMILES string of the molecule is CCOC(=O)c1cc(F)cc(Cl)c1C=O. The Labute approximate surface area is 90.8 Å². The Balaban J connectivity index is 3.26. The van der Waals surface area contributed by atoms with E-state index in [0.29, 0.717) is 6.29 Å². The van der Waals surface area contributed by atoms with Crippen molar-refractivity contribution in [2.75, 3.05) is 6.61 Å². The van der Waals surface area contributed by atoms with Gasteiger partial charge < -0.3 is 4.74 Å². The fraction of sp³-hybridized carbons (Fsp3) is 0.200. The molecule has 5 heteroatoms. The van der Waals surface area contributed by atoms with Crippen LogP contribution in [0.2, 0.25) is 5.02 Å². The zero-order valence-corrected chi connectivity index (χ0v) is 8.68. The first-order valence-electron chi connectivity index (χ1n) is 4.21. The molecule has 0 saturated heterocycles. The number of benzene rings is 1. The van der Waals surface area contributed by atoms with Crippen LogP contribution in [-0.4, -0.2) is 18.9 Å². The molecular formula is C10H8ClFO3. The molecule has 1 aromatic rings. The maximum absolute atomic E-state index is 12.9. The monoisotopic (exact) mass is 230 g/mol. The number of hydrogen-bond donors (Lipinski definition) is 0. The highest BCUT2D eigenvalue weighted by atomic mass is 35.5. The standard InChI is InChI=1S/C10H8ClFO3/c1-2-15-10(14)7-3-6(12)4-9(11)8(7)5-13/h3-5H,2H2,1H3. The first kappa shape index (κ1) is 11.7. The average molecular weight is 231 g/mol. The quantitative estimate of drug-likeness (QED) is 0.592. The van der Waals surface area contributed by atoms with Crippen LogP contribution in [-0.2, 0) is 4.74 Å². The van der Waals surface area contributed by atoms with Crippen molar-refractivity contribution in [2.45, 2.75) is 6.92 Å². The van der Waals surface area contributed by atoms with Crippen molar-refractivity contribution in [3.8, 4) is 0 Å². The summed E-state index contributed by atoms with van der Waals surface area (Å²) >= 11 is 5.60. The summed E-state index contributed by atoms with van der Waals surface area (Å²) in [5.41, 5.74) is -0.214. The van der Waals surface area contributed by atoms with Gasteiger partial charge in [0.1, 0.15) is 5.82 Å². The highest BCUT2D eigenvalue weighted by molar-refractivity contribution is 6.33. The number of hydrogen-bond acceptors (Lipinski definition) is 3. The van der Waals surface area contributed by atoms with Gasteiger partial charge in [0.2, 0.25) is 0 Å². The number of ether oxygens (including phenoxy) is 1. The number of carbonyl (C=O) groups excluding carboxylic acids is 2. The second-order valence-corrected chi connectivity index (χ2v) is 3.09. The molecule has 80 valence electrons. The van der Waals surface area contributed by atoms with E-state index in [0.717, 1.165) is 12.1 Å². The predicted molar refractivity (Wildman–Crippen MR) is 52.8 cm³/mol. The fourth-order valence-corrected chi connectivity index (χ4v) is 1.33. The molecule has 0 unspecified atom stereocenters. The Kier molecular flexibility index (Phi) is 3.80. The maximum Gasteiger partial charge on any atom is 0.339 e. The van der Waals surface area contributed by atoms with Crippen molar-refractivity contribution in [3.63, 3.8) is 0 Å². The van der Waals surface area contributed by atoms with Gasteiger partial charge in [-0.3, -0.25) is 4.79 Å². The molecule has 0 amide bonds. The molecule has 0 saturated carbocycles. The van der Waals surface area contributed by atoms with Gasteiger partial charge >= 0.3 is 5.97 Å². The van der Waals surface area contributed by atoms with Gasteiger partial charge in [0.05, 0.1) is 17.2 Å². The first-order chi connectivity index (χ1) is 7.10. The Morgan fingerprint density at radius 3 is 2.80 bits per heavy atom. The van der Waals surface area contributed by atoms with E-state index in [1.807, 2.05) is 0 Å². The lowest BCUT2D eigenvalue weighted by Crippen LogP contribution is -2.09. The third-order valence-electron chi connectivity index (χ3n) is 1.71. The molecule has 1 rings (SSSR count). The zero-order valence-electron chi connectivity index (χ0n) is 7.92. The molecule has 0 aliphatic rings. The molecule has 3 nitrogen and oxygen atoms in total. The number of halogens is 2. The molecule has 0 spiro atoms. The second kappa shape index (κ2) is 4.89. The molecule has 1 aromatic carbocycles. The minimum atomic E-state index is -0.763. The lowest BCUT2D eigenvalue weighted by atomic mass is 10.1. The lowest BCUT2D eigenvalue weighted by molar-refractivity contribution is 0.0523. The van der Waals surface area contributed by atoms with E-state index in [4.69, 9.17) is 11.6 Å². The summed E-state index contributed by atoms with van der Waals surface area (Å²) in [6, 6.07) is 1.89. The molecule has 0 bridgehead atoms. The van der Waals surface area contributed by atoms with Crippen LogP contribution in [0, 0.1) is 5.82 Å². The Bertz CT molecular complexity index is 404. The normalized spacial score (nSPS) is 9.80. The van der Waals surface area contributed by atoms with Gasteiger partial charge in [-0.25, -0.2) is 9.18 Å². The molecule has 0 aromatic heterocycles. The summed E-state index contributed by atoms with van der Waals surface area (Å²) in [6.45, 7) is 1.75. The van der Waals surface area contributed by atoms with Crippen LogP contribution in [0.25, 0.3) is 0 Å². The van der Waals surface area contributed by atoms with E-state index in [2.05, 4.69) is 4.74 Å². The minimum absolute atomic E-state index is 0.0588. The minimum Gasteiger partial charge on any atom is -0.462 e. The number of aldehydes is 1. The topological polar surface area (TPSA) is 43.4 Å². The summed E-state index contributed by atoms with van der Waals surface area (Å²) < 4.78 is 17.6. The van der Waals surface area contributed by atoms with Crippen LogP contribution < -0.4 is 0 Å². The molecular weight excluding hydrogens is 223 g/mol. The Morgan fingerprint density at radius 2 is 2.27 bits per heavy atom. The van der Waals surface area contributed by atoms with E-state index in [-0.39, 0.29) is 22.8 Å². The van der Waals surface area contributed by atoms with Crippen LogP contribution in [0.4, 0.5) is 4.39 Å². The third kappa shape index (κ3) is 2.53. The van der Waals surface area contributed by atoms with Crippen LogP contribution in [0.3, 0.4) is 0 Å². The van der Waals surface area contributed by atoms with Gasteiger partial charge in [-0.05, 0) is 19.1 Å². The van der Waals surface area contributed by atoms with E-state index in [1.165, 1.54) is 0 Å². The summed E-state index contributed by atoms with van der Waals surface area (Å²) in [5, 5.41) is -0.104. The number of esters is 1. The summed E-state index contributed by atoms with van der Waals surface area (Å²) in [5.74, 6) is -1.45. The van der Waals surface area contributed by atoms with Gasteiger partial charge in [-0.2, -0.15) is 0 Å². The van der Waals surface area contributed by atoms with Crippen molar-refractivity contribution in [1.29, 1.82) is 0 Å². The molecule has 0 N–H and O–H groups in total. The highest BCUT2D eigenvalue weighted by Crippen LogP contribution is 2.21. The van der Waals surface area contributed by atoms with Gasteiger partial charge in [0.15, 0.2) is 6.29 Å². The van der Waals surface area contributed by atoms with E-state index in [1.54, 1.807) is 6.92 Å². The van der Waals surface area contributed by atoms with Crippen molar-refractivity contribution in [2.24, 2.45) is 0 Å². The maximum atomic E-state index is 12.9. The number of carbonyl (C=O) groups is 2. The largest absolute Gasteiger partial charge is 0.462 e. The molecule has 0 aliphatic carbocycles. The summed E-state index contributed by atoms with van der Waals surface area (Å²) in [6.07, 6.45) is 0.397. The van der Waals surface area contributed by atoms with Crippen molar-refractivity contribution in [3.05, 3.63) is 34.1 Å². The van der Waals surface area contributed by atoms with Gasteiger partial charge in [-0.15, -0.1) is 0 Å².